The van der Waals surface area contributed by atoms with E-state index in [1.54, 1.807) is 0 Å². The summed E-state index contributed by atoms with van der Waals surface area (Å²) in [4.78, 5) is 20.5. The van der Waals surface area contributed by atoms with Crippen molar-refractivity contribution in [2.24, 2.45) is 11.7 Å². The van der Waals surface area contributed by atoms with Crippen LogP contribution in [0.25, 0.3) is 10.9 Å². The van der Waals surface area contributed by atoms with Crippen LogP contribution in [0.1, 0.15) is 26.1 Å². The fourth-order valence-corrected chi connectivity index (χ4v) is 2.29. The number of carbonyl (C=O) groups excluding carboxylic acids is 1. The fraction of sp³-hybridized carbons (Fsp3) is 0.400. The second-order valence-electron chi connectivity index (χ2n) is 5.05. The van der Waals surface area contributed by atoms with Gasteiger partial charge in [0.1, 0.15) is 17.7 Å². The van der Waals surface area contributed by atoms with Crippen LogP contribution in [0.2, 0.25) is 0 Å². The summed E-state index contributed by atoms with van der Waals surface area (Å²) in [6.07, 6.45) is 0.839. The van der Waals surface area contributed by atoms with Crippen LogP contribution in [0, 0.1) is 5.92 Å². The van der Waals surface area contributed by atoms with Crippen molar-refractivity contribution in [3.63, 3.8) is 0 Å². The molecule has 1 heterocycles. The van der Waals surface area contributed by atoms with E-state index in [1.807, 2.05) is 38.1 Å². The van der Waals surface area contributed by atoms with Gasteiger partial charge in [0, 0.05) is 5.39 Å². The van der Waals surface area contributed by atoms with Crippen LogP contribution in [0.3, 0.4) is 0 Å². The molecule has 5 nitrogen and oxygen atoms in total. The van der Waals surface area contributed by atoms with Gasteiger partial charge < -0.3 is 11.1 Å². The minimum absolute atomic E-state index is 0.107. The van der Waals surface area contributed by atoms with E-state index in [0.717, 1.165) is 17.3 Å². The Morgan fingerprint density at radius 3 is 2.71 bits per heavy atom. The lowest BCUT2D eigenvalue weighted by Crippen LogP contribution is -2.40. The lowest BCUT2D eigenvalue weighted by Gasteiger charge is -2.22. The molecule has 0 aliphatic rings. The number of rotatable bonds is 6. The van der Waals surface area contributed by atoms with Crippen molar-refractivity contribution in [1.82, 2.24) is 9.97 Å². The third-order valence-electron chi connectivity index (χ3n) is 3.58. The van der Waals surface area contributed by atoms with Gasteiger partial charge in [0.2, 0.25) is 5.91 Å². The molecule has 1 aromatic carbocycles. The van der Waals surface area contributed by atoms with E-state index < -0.39 is 6.04 Å². The summed E-state index contributed by atoms with van der Waals surface area (Å²) in [6, 6.07) is 7.12. The van der Waals surface area contributed by atoms with Gasteiger partial charge in [0.05, 0.1) is 11.4 Å². The predicted octanol–water partition coefficient (Wildman–Crippen LogP) is 2.68. The Kier molecular flexibility index (Phi) is 4.96. The number of fused-ring (bicyclic) bond motifs is 1. The predicted molar refractivity (Wildman–Crippen MR) is 85.2 cm³/mol. The number of anilines is 1. The number of primary amides is 1. The van der Waals surface area contributed by atoms with Crippen molar-refractivity contribution in [3.8, 4) is 0 Å². The second kappa shape index (κ2) is 6.72. The van der Waals surface area contributed by atoms with Crippen LogP contribution in [0.4, 0.5) is 5.82 Å². The molecule has 21 heavy (non-hydrogen) atoms. The first-order valence-corrected chi connectivity index (χ1v) is 7.47. The largest absolute Gasteiger partial charge is 0.368 e. The number of nitrogens with one attached hydrogen (secondary N) is 1. The highest BCUT2D eigenvalue weighted by Crippen LogP contribution is 2.23. The average Bonchev–Trinajstić information content (AvgIpc) is 2.50. The molecule has 2 rings (SSSR count). The molecule has 0 radical (unpaired) electrons. The molecule has 112 valence electrons. The van der Waals surface area contributed by atoms with Crippen molar-refractivity contribution >= 4 is 34.2 Å². The first kappa shape index (κ1) is 15.5. The third-order valence-corrected chi connectivity index (χ3v) is 3.82. The Balaban J connectivity index is 2.46. The number of para-hydroxylation sites is 1. The van der Waals surface area contributed by atoms with Crippen LogP contribution >= 0.6 is 11.6 Å². The third kappa shape index (κ3) is 3.42. The van der Waals surface area contributed by atoms with E-state index in [1.165, 1.54) is 0 Å². The molecule has 0 fully saturated rings. The summed E-state index contributed by atoms with van der Waals surface area (Å²) in [6.45, 7) is 4.00. The normalized spacial score (nSPS) is 13.9. The maximum absolute atomic E-state index is 11.7. The second-order valence-corrected chi connectivity index (χ2v) is 5.32. The lowest BCUT2D eigenvalue weighted by molar-refractivity contribution is -0.119. The van der Waals surface area contributed by atoms with Gasteiger partial charge in [-0.2, -0.15) is 0 Å². The monoisotopic (exact) mass is 306 g/mol. The van der Waals surface area contributed by atoms with E-state index in [0.29, 0.717) is 11.6 Å². The first-order valence-electron chi connectivity index (χ1n) is 6.94. The number of carbonyl (C=O) groups is 1. The van der Waals surface area contributed by atoms with E-state index >= 15 is 0 Å². The topological polar surface area (TPSA) is 80.9 Å². The van der Waals surface area contributed by atoms with Gasteiger partial charge in [-0.05, 0) is 18.1 Å². The van der Waals surface area contributed by atoms with Gasteiger partial charge in [-0.1, -0.05) is 32.4 Å². The number of hydrogen-bond donors (Lipinski definition) is 2. The van der Waals surface area contributed by atoms with Gasteiger partial charge in [0.25, 0.3) is 0 Å². The van der Waals surface area contributed by atoms with E-state index in [-0.39, 0.29) is 17.7 Å². The molecule has 2 aromatic rings. The fourth-order valence-electron chi connectivity index (χ4n) is 2.17. The van der Waals surface area contributed by atoms with Crippen LogP contribution in [0.15, 0.2) is 24.3 Å². The van der Waals surface area contributed by atoms with E-state index in [9.17, 15) is 4.79 Å². The highest BCUT2D eigenvalue weighted by Gasteiger charge is 2.23. The number of nitrogens with zero attached hydrogens (tertiary/aromatic N) is 2. The van der Waals surface area contributed by atoms with Gasteiger partial charge in [-0.15, -0.1) is 11.6 Å². The Hall–Kier alpha value is -1.88. The zero-order valence-corrected chi connectivity index (χ0v) is 12.9. The quantitative estimate of drug-likeness (QED) is 0.804. The molecule has 0 aliphatic heterocycles. The number of benzene rings is 1. The van der Waals surface area contributed by atoms with E-state index in [2.05, 4.69) is 15.3 Å². The summed E-state index contributed by atoms with van der Waals surface area (Å²) < 4.78 is 0. The summed E-state index contributed by atoms with van der Waals surface area (Å²) in [5, 5.41) is 4.01. The van der Waals surface area contributed by atoms with Crippen LogP contribution in [-0.2, 0) is 10.7 Å². The number of amides is 1. The zero-order chi connectivity index (χ0) is 15.4. The molecule has 0 bridgehead atoms. The molecule has 3 N–H and O–H groups in total. The Labute approximate surface area is 128 Å². The van der Waals surface area contributed by atoms with Gasteiger partial charge in [0.15, 0.2) is 0 Å². The van der Waals surface area contributed by atoms with Gasteiger partial charge in [-0.3, -0.25) is 4.79 Å². The Bertz CT molecular complexity index is 647. The minimum Gasteiger partial charge on any atom is -0.368 e. The van der Waals surface area contributed by atoms with Gasteiger partial charge >= 0.3 is 0 Å². The molecule has 1 amide bonds. The SMILES string of the molecule is CCC(C)C(Nc1nc(CCl)nc2ccccc12)C(N)=O. The standard InChI is InChI=1S/C15H19ClN4O/c1-3-9(2)13(14(17)21)20-15-10-6-4-5-7-11(10)18-12(8-16)19-15/h4-7,9,13H,3,8H2,1-2H3,(H2,17,21)(H,18,19,20). The molecule has 6 heteroatoms. The minimum atomic E-state index is -0.475. The number of nitrogens with two attached hydrogens (primary N) is 1. The Morgan fingerprint density at radius 2 is 2.10 bits per heavy atom. The van der Waals surface area contributed by atoms with Crippen molar-refractivity contribution < 1.29 is 4.79 Å². The number of hydrogen-bond acceptors (Lipinski definition) is 4. The lowest BCUT2D eigenvalue weighted by atomic mass is 9.98. The maximum Gasteiger partial charge on any atom is 0.240 e. The van der Waals surface area contributed by atoms with Crippen LogP contribution < -0.4 is 11.1 Å². The van der Waals surface area contributed by atoms with Crippen molar-refractivity contribution in [3.05, 3.63) is 30.1 Å². The van der Waals surface area contributed by atoms with E-state index in [4.69, 9.17) is 17.3 Å². The van der Waals surface area contributed by atoms with Crippen molar-refractivity contribution in [2.45, 2.75) is 32.2 Å². The van der Waals surface area contributed by atoms with Crippen molar-refractivity contribution in [1.29, 1.82) is 0 Å². The molecular weight excluding hydrogens is 288 g/mol. The Morgan fingerprint density at radius 1 is 1.38 bits per heavy atom. The molecule has 0 spiro atoms. The summed E-state index contributed by atoms with van der Waals surface area (Å²) >= 11 is 5.84. The average molecular weight is 307 g/mol. The summed E-state index contributed by atoms with van der Waals surface area (Å²) in [5.74, 6) is 1.05. The summed E-state index contributed by atoms with van der Waals surface area (Å²) in [7, 11) is 0. The molecule has 0 saturated heterocycles. The van der Waals surface area contributed by atoms with Crippen LogP contribution in [0.5, 0.6) is 0 Å². The highest BCUT2D eigenvalue weighted by atomic mass is 35.5. The number of alkyl halides is 1. The molecule has 0 saturated carbocycles. The molecule has 0 aliphatic carbocycles. The molecular formula is C15H19ClN4O. The zero-order valence-electron chi connectivity index (χ0n) is 12.1. The highest BCUT2D eigenvalue weighted by molar-refractivity contribution is 6.16. The molecule has 2 unspecified atom stereocenters. The molecule has 2 atom stereocenters. The number of aromatic nitrogens is 2. The maximum atomic E-state index is 11.7. The summed E-state index contributed by atoms with van der Waals surface area (Å²) in [5.41, 5.74) is 6.29. The molecule has 1 aromatic heterocycles. The van der Waals surface area contributed by atoms with Crippen LogP contribution in [-0.4, -0.2) is 21.9 Å². The number of halogens is 1. The first-order chi connectivity index (χ1) is 10.1. The smallest absolute Gasteiger partial charge is 0.240 e. The van der Waals surface area contributed by atoms with Crippen molar-refractivity contribution in [2.75, 3.05) is 5.32 Å². The van der Waals surface area contributed by atoms with Gasteiger partial charge in [-0.25, -0.2) is 9.97 Å².